The third kappa shape index (κ3) is 3.61. The summed E-state index contributed by atoms with van der Waals surface area (Å²) in [5.41, 5.74) is 7.07. The number of nitrogen functional groups attached to an aromatic ring is 1. The fraction of sp³-hybridized carbons (Fsp3) is 0.100. The highest BCUT2D eigenvalue weighted by atomic mass is 79.9. The Balaban J connectivity index is 2.46. The van der Waals surface area contributed by atoms with E-state index in [1.165, 1.54) is 18.6 Å². The van der Waals surface area contributed by atoms with Crippen LogP contribution < -0.4 is 10.5 Å². The van der Waals surface area contributed by atoms with Gasteiger partial charge in [0.15, 0.2) is 0 Å². The van der Waals surface area contributed by atoms with E-state index in [1.54, 1.807) is 6.07 Å². The molecule has 0 amide bonds. The van der Waals surface area contributed by atoms with E-state index >= 15 is 0 Å². The highest BCUT2D eigenvalue weighted by Crippen LogP contribution is 2.25. The Morgan fingerprint density at radius 1 is 1.32 bits per heavy atom. The Bertz CT molecular complexity index is 720. The molecule has 0 radical (unpaired) electrons. The highest BCUT2D eigenvalue weighted by Gasteiger charge is 2.09. The number of rotatable bonds is 3. The number of hydrogen-bond acceptors (Lipinski definition) is 6. The number of halogens is 1. The van der Waals surface area contributed by atoms with E-state index in [0.29, 0.717) is 21.5 Å². The second-order valence-electron chi connectivity index (χ2n) is 3.76. The van der Waals surface area contributed by atoms with E-state index in [2.05, 4.69) is 35.6 Å². The normalized spacial score (nSPS) is 11.3. The van der Waals surface area contributed by atoms with Crippen molar-refractivity contribution in [3.8, 4) is 11.3 Å². The molecule has 0 aliphatic carbocycles. The third-order valence-corrected chi connectivity index (χ3v) is 3.07. The number of anilines is 2. The van der Waals surface area contributed by atoms with Gasteiger partial charge in [-0.15, -0.1) is 0 Å². The summed E-state index contributed by atoms with van der Waals surface area (Å²) in [7, 11) is -3.36. The molecule has 19 heavy (non-hydrogen) atoms. The first-order chi connectivity index (χ1) is 8.85. The van der Waals surface area contributed by atoms with E-state index in [1.807, 2.05) is 0 Å². The van der Waals surface area contributed by atoms with Gasteiger partial charge in [0.1, 0.15) is 16.1 Å². The molecule has 0 fully saturated rings. The molecule has 2 rings (SSSR count). The summed E-state index contributed by atoms with van der Waals surface area (Å²) in [6.07, 6.45) is 5.46. The van der Waals surface area contributed by atoms with Gasteiger partial charge in [-0.2, -0.15) is 0 Å². The Labute approximate surface area is 118 Å². The van der Waals surface area contributed by atoms with Crippen LogP contribution in [0.15, 0.2) is 29.3 Å². The van der Waals surface area contributed by atoms with E-state index < -0.39 is 10.0 Å². The molecule has 9 heteroatoms. The van der Waals surface area contributed by atoms with Crippen LogP contribution in [0, 0.1) is 0 Å². The molecule has 2 heterocycles. The van der Waals surface area contributed by atoms with Crippen LogP contribution in [-0.4, -0.2) is 29.6 Å². The van der Waals surface area contributed by atoms with Gasteiger partial charge in [-0.1, -0.05) is 0 Å². The number of pyridine rings is 1. The molecule has 2 aromatic heterocycles. The number of sulfonamides is 1. The lowest BCUT2D eigenvalue weighted by Crippen LogP contribution is -2.09. The second kappa shape index (κ2) is 5.10. The van der Waals surface area contributed by atoms with Gasteiger partial charge in [-0.3, -0.25) is 9.71 Å². The van der Waals surface area contributed by atoms with Crippen LogP contribution in [0.2, 0.25) is 0 Å². The first-order valence-corrected chi connectivity index (χ1v) is 7.75. The molecule has 0 saturated carbocycles. The van der Waals surface area contributed by atoms with E-state index in [-0.39, 0.29) is 5.82 Å². The van der Waals surface area contributed by atoms with Gasteiger partial charge in [-0.25, -0.2) is 18.4 Å². The third-order valence-electron chi connectivity index (χ3n) is 2.09. The van der Waals surface area contributed by atoms with Crippen molar-refractivity contribution in [1.29, 1.82) is 0 Å². The van der Waals surface area contributed by atoms with Crippen LogP contribution in [0.3, 0.4) is 0 Å². The summed E-state index contributed by atoms with van der Waals surface area (Å²) in [4.78, 5) is 12.1. The van der Waals surface area contributed by atoms with Crippen LogP contribution >= 0.6 is 15.9 Å². The van der Waals surface area contributed by atoms with Crippen molar-refractivity contribution in [2.45, 2.75) is 0 Å². The molecule has 0 aromatic carbocycles. The molecule has 0 aliphatic heterocycles. The Morgan fingerprint density at radius 2 is 2.05 bits per heavy atom. The smallest absolute Gasteiger partial charge is 0.229 e. The second-order valence-corrected chi connectivity index (χ2v) is 6.32. The topological polar surface area (TPSA) is 111 Å². The van der Waals surface area contributed by atoms with Gasteiger partial charge in [-0.05, 0) is 22.0 Å². The number of aromatic nitrogens is 3. The molecule has 0 atom stereocenters. The van der Waals surface area contributed by atoms with Crippen molar-refractivity contribution < 1.29 is 8.42 Å². The van der Waals surface area contributed by atoms with Crippen LogP contribution in [0.25, 0.3) is 11.3 Å². The molecule has 100 valence electrons. The summed E-state index contributed by atoms with van der Waals surface area (Å²) in [6, 6.07) is 1.58. The fourth-order valence-electron chi connectivity index (χ4n) is 1.43. The van der Waals surface area contributed by atoms with Crippen molar-refractivity contribution in [3.05, 3.63) is 29.3 Å². The maximum atomic E-state index is 11.2. The van der Waals surface area contributed by atoms with Crippen molar-refractivity contribution >= 4 is 37.5 Å². The van der Waals surface area contributed by atoms with Crippen molar-refractivity contribution in [2.24, 2.45) is 0 Å². The van der Waals surface area contributed by atoms with Crippen molar-refractivity contribution in [2.75, 3.05) is 16.7 Å². The lowest BCUT2D eigenvalue weighted by Gasteiger charge is -2.07. The lowest BCUT2D eigenvalue weighted by molar-refractivity contribution is 0.607. The summed E-state index contributed by atoms with van der Waals surface area (Å²) in [5, 5.41) is 0. The largest absolute Gasteiger partial charge is 0.382 e. The molecule has 0 bridgehead atoms. The van der Waals surface area contributed by atoms with E-state index in [4.69, 9.17) is 5.73 Å². The molecular weight excluding hydrogens is 334 g/mol. The molecule has 0 saturated heterocycles. The van der Waals surface area contributed by atoms with Crippen LogP contribution in [0.1, 0.15) is 0 Å². The first-order valence-electron chi connectivity index (χ1n) is 5.06. The minimum atomic E-state index is -3.36. The van der Waals surface area contributed by atoms with Gasteiger partial charge in [0.2, 0.25) is 10.0 Å². The summed E-state index contributed by atoms with van der Waals surface area (Å²) in [5.74, 6) is 0.238. The van der Waals surface area contributed by atoms with Crippen LogP contribution in [0.4, 0.5) is 11.5 Å². The summed E-state index contributed by atoms with van der Waals surface area (Å²) in [6.45, 7) is 0. The van der Waals surface area contributed by atoms with Gasteiger partial charge >= 0.3 is 0 Å². The fourth-order valence-corrected chi connectivity index (χ4v) is 2.25. The summed E-state index contributed by atoms with van der Waals surface area (Å²) < 4.78 is 25.2. The summed E-state index contributed by atoms with van der Waals surface area (Å²) >= 11 is 3.20. The van der Waals surface area contributed by atoms with Gasteiger partial charge in [0.25, 0.3) is 0 Å². The van der Waals surface area contributed by atoms with E-state index in [0.717, 1.165) is 6.26 Å². The van der Waals surface area contributed by atoms with Crippen molar-refractivity contribution in [3.63, 3.8) is 0 Å². The molecule has 0 unspecified atom stereocenters. The molecular formula is C10H10BrN5O2S. The molecule has 7 nitrogen and oxygen atoms in total. The molecule has 2 aromatic rings. The zero-order valence-corrected chi connectivity index (χ0v) is 12.2. The quantitative estimate of drug-likeness (QED) is 0.867. The van der Waals surface area contributed by atoms with Gasteiger partial charge in [0.05, 0.1) is 24.3 Å². The predicted octanol–water partition coefficient (Wildman–Crippen LogP) is 1.25. The Morgan fingerprint density at radius 3 is 2.74 bits per heavy atom. The lowest BCUT2D eigenvalue weighted by atomic mass is 10.2. The van der Waals surface area contributed by atoms with Crippen LogP contribution in [0.5, 0.6) is 0 Å². The molecule has 0 spiro atoms. The Hall–Kier alpha value is -1.74. The maximum absolute atomic E-state index is 11.2. The maximum Gasteiger partial charge on any atom is 0.229 e. The van der Waals surface area contributed by atoms with Crippen LogP contribution in [-0.2, 0) is 10.0 Å². The average Bonchev–Trinajstić information content (AvgIpc) is 2.30. The van der Waals surface area contributed by atoms with E-state index in [9.17, 15) is 8.42 Å². The van der Waals surface area contributed by atoms with Crippen molar-refractivity contribution in [1.82, 2.24) is 15.0 Å². The zero-order valence-electron chi connectivity index (χ0n) is 9.83. The minimum absolute atomic E-state index is 0.238. The SMILES string of the molecule is CS(=O)(=O)Nc1cncc(-c2nc(Br)cnc2N)c1. The number of hydrogen-bond donors (Lipinski definition) is 2. The number of nitrogens with one attached hydrogen (secondary N) is 1. The first kappa shape index (κ1) is 13.7. The van der Waals surface area contributed by atoms with Gasteiger partial charge in [0, 0.05) is 11.8 Å². The minimum Gasteiger partial charge on any atom is -0.382 e. The number of nitrogens with zero attached hydrogens (tertiary/aromatic N) is 3. The monoisotopic (exact) mass is 343 g/mol. The standard InChI is InChI=1S/C10H10BrN5O2S/c1-19(17,18)16-7-2-6(3-13-4-7)9-10(12)14-5-8(11)15-9/h2-5,16H,1H3,(H2,12,14). The van der Waals surface area contributed by atoms with Gasteiger partial charge < -0.3 is 5.73 Å². The molecule has 3 N–H and O–H groups in total. The zero-order chi connectivity index (χ0) is 14.0. The molecule has 0 aliphatic rings. The number of nitrogens with two attached hydrogens (primary N) is 1. The predicted molar refractivity (Wildman–Crippen MR) is 75.8 cm³/mol. The highest BCUT2D eigenvalue weighted by molar-refractivity contribution is 9.10. The average molecular weight is 344 g/mol. The Kier molecular flexibility index (Phi) is 3.67.